The van der Waals surface area contributed by atoms with Crippen LogP contribution in [-0.2, 0) is 16.1 Å². The van der Waals surface area contributed by atoms with Gasteiger partial charge in [0.2, 0.25) is 0 Å². The summed E-state index contributed by atoms with van der Waals surface area (Å²) in [6.07, 6.45) is 0.903. The van der Waals surface area contributed by atoms with E-state index in [1.165, 1.54) is 0 Å². The second kappa shape index (κ2) is 5.58. The maximum absolute atomic E-state index is 11.6. The molecular formula is C10H9N3O5. The van der Waals surface area contributed by atoms with E-state index in [4.69, 9.17) is 5.26 Å². The fraction of sp³-hybridized carbons (Fsp3) is 0.300. The lowest BCUT2D eigenvalue weighted by atomic mass is 10.2. The second-order valence-corrected chi connectivity index (χ2v) is 3.22. The Bertz CT molecular complexity index is 584. The lowest BCUT2D eigenvalue weighted by molar-refractivity contribution is -0.385. The summed E-state index contributed by atoms with van der Waals surface area (Å²) in [5.41, 5.74) is -1.60. The Labute approximate surface area is 101 Å². The molecule has 0 atom stereocenters. The average Bonchev–Trinajstić information content (AvgIpc) is 2.31. The zero-order valence-electron chi connectivity index (χ0n) is 9.45. The first-order valence-corrected chi connectivity index (χ1v) is 4.94. The highest BCUT2D eigenvalue weighted by Gasteiger charge is 2.15. The van der Waals surface area contributed by atoms with Gasteiger partial charge in [-0.1, -0.05) is 0 Å². The molecule has 0 saturated heterocycles. The van der Waals surface area contributed by atoms with E-state index in [-0.39, 0.29) is 6.61 Å². The lowest BCUT2D eigenvalue weighted by Gasteiger charge is -2.05. The van der Waals surface area contributed by atoms with Crippen molar-refractivity contribution in [2.75, 3.05) is 6.61 Å². The Hall–Kier alpha value is -2.69. The molecule has 0 amide bonds. The van der Waals surface area contributed by atoms with Gasteiger partial charge in [-0.2, -0.15) is 5.26 Å². The Morgan fingerprint density at radius 2 is 2.33 bits per heavy atom. The van der Waals surface area contributed by atoms with Crippen LogP contribution in [-0.4, -0.2) is 22.1 Å². The smallest absolute Gasteiger partial charge is 0.326 e. The second-order valence-electron chi connectivity index (χ2n) is 3.22. The monoisotopic (exact) mass is 251 g/mol. The van der Waals surface area contributed by atoms with Gasteiger partial charge in [0.1, 0.15) is 18.2 Å². The van der Waals surface area contributed by atoms with Crippen LogP contribution in [0.3, 0.4) is 0 Å². The first-order valence-electron chi connectivity index (χ1n) is 4.94. The van der Waals surface area contributed by atoms with E-state index in [1.807, 2.05) is 0 Å². The minimum atomic E-state index is -0.767. The third-order valence-electron chi connectivity index (χ3n) is 2.01. The predicted octanol–water partition coefficient (Wildman–Crippen LogP) is 0.191. The van der Waals surface area contributed by atoms with E-state index in [1.54, 1.807) is 13.0 Å². The number of pyridine rings is 1. The molecule has 0 spiro atoms. The summed E-state index contributed by atoms with van der Waals surface area (Å²) in [5.74, 6) is -0.705. The van der Waals surface area contributed by atoms with Gasteiger partial charge in [0, 0.05) is 6.07 Å². The maximum Gasteiger partial charge on any atom is 0.326 e. The number of carbonyl (C=O) groups excluding carboxylic acids is 1. The molecular weight excluding hydrogens is 242 g/mol. The number of carbonyl (C=O) groups is 1. The van der Waals surface area contributed by atoms with Crippen LogP contribution in [0.4, 0.5) is 5.69 Å². The van der Waals surface area contributed by atoms with Crippen LogP contribution in [0.25, 0.3) is 0 Å². The quantitative estimate of drug-likeness (QED) is 0.428. The van der Waals surface area contributed by atoms with Crippen LogP contribution >= 0.6 is 0 Å². The van der Waals surface area contributed by atoms with Gasteiger partial charge in [0.25, 0.3) is 11.2 Å². The summed E-state index contributed by atoms with van der Waals surface area (Å²) in [7, 11) is 0. The number of ether oxygens (including phenoxy) is 1. The third-order valence-corrected chi connectivity index (χ3v) is 2.01. The van der Waals surface area contributed by atoms with Crippen molar-refractivity contribution >= 4 is 11.7 Å². The van der Waals surface area contributed by atoms with Crippen molar-refractivity contribution in [3.8, 4) is 6.07 Å². The molecule has 94 valence electrons. The Kier molecular flexibility index (Phi) is 4.15. The van der Waals surface area contributed by atoms with Crippen LogP contribution < -0.4 is 5.56 Å². The molecule has 0 fully saturated rings. The minimum Gasteiger partial charge on any atom is -0.465 e. The first-order chi connectivity index (χ1) is 8.49. The molecule has 1 rings (SSSR count). The SMILES string of the molecule is CCOC(=O)Cn1cc([N+](=O)[O-])cc(C#N)c1=O. The van der Waals surface area contributed by atoms with Crippen molar-refractivity contribution in [1.29, 1.82) is 5.26 Å². The molecule has 8 nitrogen and oxygen atoms in total. The van der Waals surface area contributed by atoms with Gasteiger partial charge in [0.15, 0.2) is 0 Å². The molecule has 0 saturated carbocycles. The third kappa shape index (κ3) is 2.91. The van der Waals surface area contributed by atoms with Crippen molar-refractivity contribution in [2.24, 2.45) is 0 Å². The Morgan fingerprint density at radius 1 is 1.67 bits per heavy atom. The molecule has 0 aliphatic rings. The molecule has 8 heteroatoms. The topological polar surface area (TPSA) is 115 Å². The molecule has 0 radical (unpaired) electrons. The number of nitrogens with zero attached hydrogens (tertiary/aromatic N) is 3. The van der Waals surface area contributed by atoms with Crippen LogP contribution in [0.2, 0.25) is 0 Å². The molecule has 18 heavy (non-hydrogen) atoms. The average molecular weight is 251 g/mol. The summed E-state index contributed by atoms with van der Waals surface area (Å²) in [6, 6.07) is 2.41. The van der Waals surface area contributed by atoms with E-state index >= 15 is 0 Å². The van der Waals surface area contributed by atoms with Crippen LogP contribution in [0, 0.1) is 21.4 Å². The Morgan fingerprint density at radius 3 is 2.83 bits per heavy atom. The number of nitro groups is 1. The van der Waals surface area contributed by atoms with Gasteiger partial charge in [-0.05, 0) is 6.92 Å². The van der Waals surface area contributed by atoms with Gasteiger partial charge < -0.3 is 4.74 Å². The van der Waals surface area contributed by atoms with E-state index in [2.05, 4.69) is 4.74 Å². The van der Waals surface area contributed by atoms with Crippen molar-refractivity contribution in [2.45, 2.75) is 13.5 Å². The van der Waals surface area contributed by atoms with Crippen LogP contribution in [0.1, 0.15) is 12.5 Å². The zero-order valence-corrected chi connectivity index (χ0v) is 9.45. The molecule has 0 bridgehead atoms. The van der Waals surface area contributed by atoms with Gasteiger partial charge >= 0.3 is 5.97 Å². The molecule has 1 aromatic heterocycles. The Balaban J connectivity index is 3.22. The summed E-state index contributed by atoms with van der Waals surface area (Å²) in [4.78, 5) is 32.7. The normalized spacial score (nSPS) is 9.56. The molecule has 0 aliphatic heterocycles. The minimum absolute atomic E-state index is 0.133. The molecule has 0 unspecified atom stereocenters. The van der Waals surface area contributed by atoms with Crippen molar-refractivity contribution in [3.05, 3.63) is 38.3 Å². The highest BCUT2D eigenvalue weighted by atomic mass is 16.6. The van der Waals surface area contributed by atoms with Gasteiger partial charge in [-0.15, -0.1) is 0 Å². The number of hydrogen-bond donors (Lipinski definition) is 0. The van der Waals surface area contributed by atoms with Crippen LogP contribution in [0.5, 0.6) is 0 Å². The summed E-state index contributed by atoms with van der Waals surface area (Å²) >= 11 is 0. The summed E-state index contributed by atoms with van der Waals surface area (Å²) < 4.78 is 5.41. The zero-order chi connectivity index (χ0) is 13.7. The fourth-order valence-corrected chi connectivity index (χ4v) is 1.26. The van der Waals surface area contributed by atoms with E-state index < -0.39 is 34.2 Å². The predicted molar refractivity (Wildman–Crippen MR) is 58.7 cm³/mol. The highest BCUT2D eigenvalue weighted by molar-refractivity contribution is 5.69. The van der Waals surface area contributed by atoms with Crippen molar-refractivity contribution < 1.29 is 14.5 Å². The van der Waals surface area contributed by atoms with Crippen molar-refractivity contribution in [3.63, 3.8) is 0 Å². The summed E-state index contributed by atoms with van der Waals surface area (Å²) in [5, 5.41) is 19.3. The van der Waals surface area contributed by atoms with Gasteiger partial charge in [-0.25, -0.2) is 0 Å². The molecule has 1 aromatic rings. The number of hydrogen-bond acceptors (Lipinski definition) is 6. The molecule has 0 N–H and O–H groups in total. The van der Waals surface area contributed by atoms with E-state index in [0.717, 1.165) is 16.8 Å². The lowest BCUT2D eigenvalue weighted by Crippen LogP contribution is -2.27. The molecule has 0 aliphatic carbocycles. The number of nitriles is 1. The molecule has 1 heterocycles. The maximum atomic E-state index is 11.6. The number of rotatable bonds is 4. The number of aromatic nitrogens is 1. The molecule has 0 aromatic carbocycles. The standard InChI is InChI=1S/C10H9N3O5/c1-2-18-9(14)6-12-5-8(13(16)17)3-7(4-11)10(12)15/h3,5H,2,6H2,1H3. The summed E-state index contributed by atoms with van der Waals surface area (Å²) in [6.45, 7) is 1.26. The largest absolute Gasteiger partial charge is 0.465 e. The highest BCUT2D eigenvalue weighted by Crippen LogP contribution is 2.09. The van der Waals surface area contributed by atoms with Gasteiger partial charge in [0.05, 0.1) is 17.7 Å². The van der Waals surface area contributed by atoms with Gasteiger partial charge in [-0.3, -0.25) is 24.3 Å². The number of esters is 1. The fourth-order valence-electron chi connectivity index (χ4n) is 1.26. The van der Waals surface area contributed by atoms with Crippen LogP contribution in [0.15, 0.2) is 17.1 Å². The van der Waals surface area contributed by atoms with Crippen molar-refractivity contribution in [1.82, 2.24) is 4.57 Å². The first kappa shape index (κ1) is 13.4. The van der Waals surface area contributed by atoms with E-state index in [9.17, 15) is 19.7 Å². The van der Waals surface area contributed by atoms with E-state index in [0.29, 0.717) is 0 Å².